The van der Waals surface area contributed by atoms with Crippen LogP contribution >= 0.6 is 12.4 Å². The molecule has 68 valence electrons. The first-order chi connectivity index (χ1) is 4.75. The topological polar surface area (TPSA) is 72.7 Å². The van der Waals surface area contributed by atoms with E-state index >= 15 is 0 Å². The molecule has 5 heteroatoms. The van der Waals surface area contributed by atoms with Gasteiger partial charge in [0.05, 0.1) is 24.9 Å². The molecule has 1 aliphatic rings. The van der Waals surface area contributed by atoms with Crippen LogP contribution in [0.5, 0.6) is 0 Å². The van der Waals surface area contributed by atoms with Crippen LogP contribution in [0.25, 0.3) is 0 Å². The molecule has 0 aliphatic carbocycles. The molecule has 4 N–H and O–H groups in total. The zero-order valence-electron chi connectivity index (χ0n) is 6.10. The molecular formula is C6H14ClNO3. The van der Waals surface area contributed by atoms with E-state index in [1.807, 2.05) is 0 Å². The third-order valence-electron chi connectivity index (χ3n) is 1.84. The molecule has 1 fully saturated rings. The van der Waals surface area contributed by atoms with Crippen molar-refractivity contribution in [1.29, 1.82) is 0 Å². The summed E-state index contributed by atoms with van der Waals surface area (Å²) in [7, 11) is 0. The van der Waals surface area contributed by atoms with Gasteiger partial charge in [0.1, 0.15) is 0 Å². The van der Waals surface area contributed by atoms with Crippen molar-refractivity contribution in [1.82, 2.24) is 5.32 Å². The summed E-state index contributed by atoms with van der Waals surface area (Å²) >= 11 is 0. The zero-order chi connectivity index (χ0) is 7.56. The summed E-state index contributed by atoms with van der Waals surface area (Å²) in [6, 6.07) is -0.343. The molecule has 1 saturated heterocycles. The van der Waals surface area contributed by atoms with Crippen LogP contribution in [0.15, 0.2) is 0 Å². The monoisotopic (exact) mass is 183 g/mol. The minimum absolute atomic E-state index is 0. The van der Waals surface area contributed by atoms with Crippen molar-refractivity contribution in [2.45, 2.75) is 24.7 Å². The predicted molar refractivity (Wildman–Crippen MR) is 42.8 cm³/mol. The molecule has 0 bridgehead atoms. The van der Waals surface area contributed by atoms with Crippen LogP contribution in [0.2, 0.25) is 0 Å². The fourth-order valence-corrected chi connectivity index (χ4v) is 1.22. The van der Waals surface area contributed by atoms with Crippen molar-refractivity contribution in [3.8, 4) is 0 Å². The highest BCUT2D eigenvalue weighted by Crippen LogP contribution is 2.09. The minimum atomic E-state index is -0.836. The Morgan fingerprint density at radius 2 is 2.18 bits per heavy atom. The van der Waals surface area contributed by atoms with Crippen LogP contribution < -0.4 is 5.32 Å². The van der Waals surface area contributed by atoms with E-state index < -0.39 is 12.2 Å². The molecule has 0 aromatic heterocycles. The lowest BCUT2D eigenvalue weighted by Crippen LogP contribution is -2.43. The van der Waals surface area contributed by atoms with Gasteiger partial charge in [0.25, 0.3) is 0 Å². The molecule has 4 nitrogen and oxygen atoms in total. The second-order valence-electron chi connectivity index (χ2n) is 2.59. The van der Waals surface area contributed by atoms with E-state index in [4.69, 9.17) is 15.3 Å². The number of nitrogens with one attached hydrogen (secondary N) is 1. The van der Waals surface area contributed by atoms with Gasteiger partial charge in [-0.05, 0) is 13.0 Å². The van der Waals surface area contributed by atoms with Crippen LogP contribution in [-0.4, -0.2) is 46.7 Å². The van der Waals surface area contributed by atoms with Crippen molar-refractivity contribution >= 4 is 12.4 Å². The van der Waals surface area contributed by atoms with Gasteiger partial charge in [-0.1, -0.05) is 0 Å². The van der Waals surface area contributed by atoms with Crippen LogP contribution in [-0.2, 0) is 0 Å². The first-order valence-corrected chi connectivity index (χ1v) is 3.46. The summed E-state index contributed by atoms with van der Waals surface area (Å²) < 4.78 is 0. The molecule has 0 aromatic carbocycles. The third-order valence-corrected chi connectivity index (χ3v) is 1.84. The Balaban J connectivity index is 0.000001000. The highest BCUT2D eigenvalue weighted by atomic mass is 35.5. The number of hydrogen-bond donors (Lipinski definition) is 4. The lowest BCUT2D eigenvalue weighted by atomic mass is 10.1. The van der Waals surface area contributed by atoms with Crippen molar-refractivity contribution in [2.24, 2.45) is 0 Å². The summed E-state index contributed by atoms with van der Waals surface area (Å²) in [6.07, 6.45) is -0.693. The molecule has 3 atom stereocenters. The maximum absolute atomic E-state index is 9.16. The van der Waals surface area contributed by atoms with E-state index in [0.29, 0.717) is 13.0 Å². The Morgan fingerprint density at radius 1 is 1.55 bits per heavy atom. The molecular weight excluding hydrogens is 170 g/mol. The first-order valence-electron chi connectivity index (χ1n) is 3.46. The Hall–Kier alpha value is 0.130. The van der Waals surface area contributed by atoms with Gasteiger partial charge in [-0.3, -0.25) is 0 Å². The van der Waals surface area contributed by atoms with Crippen LogP contribution in [0.4, 0.5) is 0 Å². The van der Waals surface area contributed by atoms with E-state index in [9.17, 15) is 0 Å². The Labute approximate surface area is 71.6 Å². The van der Waals surface area contributed by atoms with Gasteiger partial charge in [0, 0.05) is 0 Å². The van der Waals surface area contributed by atoms with Gasteiger partial charge in [-0.25, -0.2) is 0 Å². The standard InChI is InChI=1S/C6H13NO3.ClH/c8-3-5(10)6-4(9)1-2-7-6;/h4-10H,1-3H2;1H/t4-,5+,6+;/m0./s1. The fourth-order valence-electron chi connectivity index (χ4n) is 1.22. The van der Waals surface area contributed by atoms with Gasteiger partial charge in [-0.15, -0.1) is 12.4 Å². The summed E-state index contributed by atoms with van der Waals surface area (Å²) in [5, 5.41) is 29.6. The van der Waals surface area contributed by atoms with Crippen molar-refractivity contribution in [3.05, 3.63) is 0 Å². The molecule has 0 spiro atoms. The van der Waals surface area contributed by atoms with Gasteiger partial charge in [0.15, 0.2) is 0 Å². The van der Waals surface area contributed by atoms with E-state index in [1.165, 1.54) is 0 Å². The average Bonchev–Trinajstić information content (AvgIpc) is 2.34. The van der Waals surface area contributed by atoms with Gasteiger partial charge in [-0.2, -0.15) is 0 Å². The molecule has 0 amide bonds. The van der Waals surface area contributed by atoms with E-state index in [0.717, 1.165) is 0 Å². The third kappa shape index (κ3) is 2.57. The number of aliphatic hydroxyl groups excluding tert-OH is 3. The second kappa shape index (κ2) is 4.90. The zero-order valence-corrected chi connectivity index (χ0v) is 6.92. The highest BCUT2D eigenvalue weighted by Gasteiger charge is 2.30. The number of rotatable bonds is 2. The maximum atomic E-state index is 9.16. The van der Waals surface area contributed by atoms with Gasteiger partial charge in [0.2, 0.25) is 0 Å². The van der Waals surface area contributed by atoms with Crippen molar-refractivity contribution in [3.63, 3.8) is 0 Å². The normalized spacial score (nSPS) is 33.0. The predicted octanol–water partition coefficient (Wildman–Crippen LogP) is -1.52. The van der Waals surface area contributed by atoms with E-state index in [2.05, 4.69) is 5.32 Å². The molecule has 1 aliphatic heterocycles. The lowest BCUT2D eigenvalue weighted by molar-refractivity contribution is 0.0256. The fraction of sp³-hybridized carbons (Fsp3) is 1.00. The maximum Gasteiger partial charge on any atom is 0.0948 e. The van der Waals surface area contributed by atoms with E-state index in [1.54, 1.807) is 0 Å². The Kier molecular flexibility index (Phi) is 4.96. The van der Waals surface area contributed by atoms with Crippen molar-refractivity contribution in [2.75, 3.05) is 13.2 Å². The first kappa shape index (κ1) is 11.1. The number of hydrogen-bond acceptors (Lipinski definition) is 4. The quantitative estimate of drug-likeness (QED) is 0.420. The molecule has 0 saturated carbocycles. The minimum Gasteiger partial charge on any atom is -0.394 e. The molecule has 1 rings (SSSR count). The largest absolute Gasteiger partial charge is 0.394 e. The average molecular weight is 184 g/mol. The number of halogens is 1. The summed E-state index contributed by atoms with van der Waals surface area (Å²) in [5.41, 5.74) is 0. The van der Waals surface area contributed by atoms with Crippen LogP contribution in [0.3, 0.4) is 0 Å². The Bertz CT molecular complexity index is 114. The second-order valence-corrected chi connectivity index (χ2v) is 2.59. The van der Waals surface area contributed by atoms with Crippen LogP contribution in [0, 0.1) is 0 Å². The highest BCUT2D eigenvalue weighted by molar-refractivity contribution is 5.85. The van der Waals surface area contributed by atoms with Crippen molar-refractivity contribution < 1.29 is 15.3 Å². The molecule has 0 aromatic rings. The molecule has 11 heavy (non-hydrogen) atoms. The summed E-state index contributed by atoms with van der Waals surface area (Å²) in [5.74, 6) is 0. The van der Waals surface area contributed by atoms with Crippen LogP contribution in [0.1, 0.15) is 6.42 Å². The molecule has 0 radical (unpaired) electrons. The van der Waals surface area contributed by atoms with Gasteiger partial charge < -0.3 is 20.6 Å². The molecule has 0 unspecified atom stereocenters. The molecule has 1 heterocycles. The lowest BCUT2D eigenvalue weighted by Gasteiger charge is -2.18. The van der Waals surface area contributed by atoms with Gasteiger partial charge >= 0.3 is 0 Å². The number of aliphatic hydroxyl groups is 3. The smallest absolute Gasteiger partial charge is 0.0948 e. The SMILES string of the molecule is Cl.OC[C@@H](O)[C@@H]1NCC[C@@H]1O. The summed E-state index contributed by atoms with van der Waals surface area (Å²) in [4.78, 5) is 0. The van der Waals surface area contributed by atoms with E-state index in [-0.39, 0.29) is 25.1 Å². The Morgan fingerprint density at radius 3 is 2.55 bits per heavy atom. The summed E-state index contributed by atoms with van der Waals surface area (Å²) in [6.45, 7) is 0.414.